The Labute approximate surface area is 84.3 Å². The van der Waals surface area contributed by atoms with Crippen LogP contribution in [0.5, 0.6) is 0 Å². The molecule has 1 aromatic rings. The van der Waals surface area contributed by atoms with Gasteiger partial charge in [-0.25, -0.2) is 0 Å². The summed E-state index contributed by atoms with van der Waals surface area (Å²) in [7, 11) is 0. The van der Waals surface area contributed by atoms with E-state index in [0.717, 1.165) is 6.42 Å². The maximum Gasteiger partial charge on any atom is 0.228 e. The van der Waals surface area contributed by atoms with Crippen molar-refractivity contribution in [1.82, 2.24) is 5.32 Å². The van der Waals surface area contributed by atoms with Crippen molar-refractivity contribution in [3.8, 4) is 0 Å². The fraction of sp³-hybridized carbons (Fsp3) is 0.417. The van der Waals surface area contributed by atoms with E-state index >= 15 is 0 Å². The number of hydrogen-bond acceptors (Lipinski definition) is 1. The van der Waals surface area contributed by atoms with Crippen molar-refractivity contribution in [2.45, 2.75) is 26.3 Å². The third-order valence-electron chi connectivity index (χ3n) is 3.04. The van der Waals surface area contributed by atoms with Gasteiger partial charge in [0.1, 0.15) is 0 Å². The van der Waals surface area contributed by atoms with Crippen molar-refractivity contribution in [3.63, 3.8) is 0 Å². The Bertz CT molecular complexity index is 343. The van der Waals surface area contributed by atoms with Gasteiger partial charge in [-0.3, -0.25) is 4.79 Å². The highest BCUT2D eigenvalue weighted by atomic mass is 16.2. The predicted octanol–water partition coefficient (Wildman–Crippen LogP) is 1.75. The maximum absolute atomic E-state index is 11.2. The predicted molar refractivity (Wildman–Crippen MR) is 55.9 cm³/mol. The Kier molecular flexibility index (Phi) is 2.06. The Morgan fingerprint density at radius 3 is 2.43 bits per heavy atom. The first-order valence-corrected chi connectivity index (χ1v) is 4.95. The summed E-state index contributed by atoms with van der Waals surface area (Å²) in [6.07, 6.45) is 0.930. The molecule has 0 aliphatic carbocycles. The molecule has 1 N–H and O–H groups in total. The number of carbonyl (C=O) groups excluding carboxylic acids is 1. The largest absolute Gasteiger partial charge is 0.351 e. The van der Waals surface area contributed by atoms with Crippen LogP contribution in [-0.2, 0) is 11.2 Å². The molecule has 14 heavy (non-hydrogen) atoms. The molecule has 1 aromatic carbocycles. The lowest BCUT2D eigenvalue weighted by molar-refractivity contribution is -0.142. The molecule has 74 valence electrons. The van der Waals surface area contributed by atoms with Crippen LogP contribution in [0.15, 0.2) is 30.3 Å². The summed E-state index contributed by atoms with van der Waals surface area (Å²) in [5.41, 5.74) is 1.08. The molecular weight excluding hydrogens is 174 g/mol. The van der Waals surface area contributed by atoms with Crippen LogP contribution in [0.25, 0.3) is 0 Å². The van der Waals surface area contributed by atoms with Gasteiger partial charge in [-0.05, 0) is 25.8 Å². The maximum atomic E-state index is 11.2. The van der Waals surface area contributed by atoms with Crippen molar-refractivity contribution in [2.75, 3.05) is 0 Å². The molecule has 0 bridgehead atoms. The van der Waals surface area contributed by atoms with Crippen molar-refractivity contribution in [3.05, 3.63) is 35.9 Å². The van der Waals surface area contributed by atoms with Crippen LogP contribution in [0, 0.1) is 5.41 Å². The van der Waals surface area contributed by atoms with E-state index in [-0.39, 0.29) is 17.4 Å². The molecule has 1 atom stereocenters. The van der Waals surface area contributed by atoms with Gasteiger partial charge in [-0.15, -0.1) is 0 Å². The van der Waals surface area contributed by atoms with Gasteiger partial charge in [0.2, 0.25) is 5.91 Å². The van der Waals surface area contributed by atoms with Gasteiger partial charge >= 0.3 is 0 Å². The van der Waals surface area contributed by atoms with Crippen LogP contribution in [-0.4, -0.2) is 11.9 Å². The molecule has 1 saturated heterocycles. The number of nitrogens with one attached hydrogen (secondary N) is 1. The van der Waals surface area contributed by atoms with E-state index in [1.165, 1.54) is 5.56 Å². The van der Waals surface area contributed by atoms with E-state index in [2.05, 4.69) is 17.4 Å². The minimum atomic E-state index is -0.199. The van der Waals surface area contributed by atoms with Crippen LogP contribution in [0.1, 0.15) is 19.4 Å². The smallest absolute Gasteiger partial charge is 0.228 e. The molecule has 0 saturated carbocycles. The highest BCUT2D eigenvalue weighted by Crippen LogP contribution is 2.31. The topological polar surface area (TPSA) is 29.1 Å². The molecule has 0 unspecified atom stereocenters. The molecule has 1 aliphatic rings. The first kappa shape index (κ1) is 9.25. The standard InChI is InChI=1S/C12H15NO/c1-12(2)10(13-11(12)14)8-9-6-4-3-5-7-9/h3-7,10H,8H2,1-2H3,(H,13,14)/t10-/m0/s1. The van der Waals surface area contributed by atoms with Crippen LogP contribution < -0.4 is 5.32 Å². The molecular formula is C12H15NO. The second-order valence-corrected chi connectivity index (χ2v) is 4.44. The van der Waals surface area contributed by atoms with E-state index in [4.69, 9.17) is 0 Å². The van der Waals surface area contributed by atoms with Crippen molar-refractivity contribution in [2.24, 2.45) is 5.41 Å². The Balaban J connectivity index is 2.04. The van der Waals surface area contributed by atoms with Crippen LogP contribution in [0.2, 0.25) is 0 Å². The number of benzene rings is 1. The summed E-state index contributed by atoms with van der Waals surface area (Å²) in [6, 6.07) is 10.6. The number of β-lactam (4-membered cyclic amide) rings is 1. The highest BCUT2D eigenvalue weighted by molar-refractivity contribution is 5.89. The van der Waals surface area contributed by atoms with Gasteiger partial charge < -0.3 is 5.32 Å². The molecule has 2 heteroatoms. The Morgan fingerprint density at radius 1 is 1.29 bits per heavy atom. The number of hydrogen-bond donors (Lipinski definition) is 1. The van der Waals surface area contributed by atoms with Crippen LogP contribution in [0.3, 0.4) is 0 Å². The summed E-state index contributed by atoms with van der Waals surface area (Å²) in [5, 5.41) is 2.94. The lowest BCUT2D eigenvalue weighted by atomic mass is 9.73. The number of amides is 1. The fourth-order valence-corrected chi connectivity index (χ4v) is 1.76. The van der Waals surface area contributed by atoms with Gasteiger partial charge in [-0.1, -0.05) is 30.3 Å². The summed E-state index contributed by atoms with van der Waals surface area (Å²) in [5.74, 6) is 0.165. The zero-order valence-corrected chi connectivity index (χ0v) is 8.58. The quantitative estimate of drug-likeness (QED) is 0.706. The molecule has 1 amide bonds. The first-order valence-electron chi connectivity index (χ1n) is 4.95. The minimum absolute atomic E-state index is 0.165. The van der Waals surface area contributed by atoms with Crippen molar-refractivity contribution in [1.29, 1.82) is 0 Å². The van der Waals surface area contributed by atoms with E-state index < -0.39 is 0 Å². The Hall–Kier alpha value is -1.31. The third kappa shape index (κ3) is 1.41. The van der Waals surface area contributed by atoms with Gasteiger partial charge in [0.05, 0.1) is 5.41 Å². The second-order valence-electron chi connectivity index (χ2n) is 4.44. The lowest BCUT2D eigenvalue weighted by Gasteiger charge is -2.44. The zero-order valence-electron chi connectivity index (χ0n) is 8.58. The number of carbonyl (C=O) groups is 1. The summed E-state index contributed by atoms with van der Waals surface area (Å²) < 4.78 is 0. The second kappa shape index (κ2) is 3.12. The van der Waals surface area contributed by atoms with Gasteiger partial charge in [0.15, 0.2) is 0 Å². The minimum Gasteiger partial charge on any atom is -0.351 e. The number of rotatable bonds is 2. The lowest BCUT2D eigenvalue weighted by Crippen LogP contribution is -2.65. The van der Waals surface area contributed by atoms with Gasteiger partial charge in [0, 0.05) is 6.04 Å². The van der Waals surface area contributed by atoms with Gasteiger partial charge in [-0.2, -0.15) is 0 Å². The van der Waals surface area contributed by atoms with Crippen molar-refractivity contribution >= 4 is 5.91 Å². The summed E-state index contributed by atoms with van der Waals surface area (Å²) >= 11 is 0. The fourth-order valence-electron chi connectivity index (χ4n) is 1.76. The highest BCUT2D eigenvalue weighted by Gasteiger charge is 2.46. The average molecular weight is 189 g/mol. The SMILES string of the molecule is CC1(C)C(=O)N[C@H]1Cc1ccccc1. The van der Waals surface area contributed by atoms with Crippen LogP contribution in [0.4, 0.5) is 0 Å². The Morgan fingerprint density at radius 2 is 1.93 bits per heavy atom. The molecule has 0 radical (unpaired) electrons. The molecule has 1 fully saturated rings. The first-order chi connectivity index (χ1) is 6.60. The molecule has 1 heterocycles. The van der Waals surface area contributed by atoms with E-state index in [1.54, 1.807) is 0 Å². The summed E-state index contributed by atoms with van der Waals surface area (Å²) in [6.45, 7) is 4.00. The van der Waals surface area contributed by atoms with Crippen LogP contribution >= 0.6 is 0 Å². The normalized spacial score (nSPS) is 23.9. The monoisotopic (exact) mass is 189 g/mol. The summed E-state index contributed by atoms with van der Waals surface area (Å²) in [4.78, 5) is 11.2. The van der Waals surface area contributed by atoms with Gasteiger partial charge in [0.25, 0.3) is 0 Å². The molecule has 2 rings (SSSR count). The third-order valence-corrected chi connectivity index (χ3v) is 3.04. The van der Waals surface area contributed by atoms with Crippen molar-refractivity contribution < 1.29 is 4.79 Å². The molecule has 0 spiro atoms. The molecule has 1 aliphatic heterocycles. The van der Waals surface area contributed by atoms with E-state index in [0.29, 0.717) is 0 Å². The molecule has 0 aromatic heterocycles. The van der Waals surface area contributed by atoms with E-state index in [1.807, 2.05) is 32.0 Å². The molecule has 2 nitrogen and oxygen atoms in total. The average Bonchev–Trinajstić information content (AvgIpc) is 2.19. The zero-order chi connectivity index (χ0) is 10.2. The van der Waals surface area contributed by atoms with E-state index in [9.17, 15) is 4.79 Å².